The molecule has 2 atom stereocenters. The van der Waals surface area contributed by atoms with E-state index < -0.39 is 0 Å². The van der Waals surface area contributed by atoms with Crippen LogP contribution in [0, 0.1) is 0 Å². The molecule has 0 spiro atoms. The molecule has 5 aromatic rings. The normalized spacial score (nSPS) is 18.1. The molecule has 0 N–H and O–H groups in total. The van der Waals surface area contributed by atoms with E-state index in [1.807, 2.05) is 67.7 Å². The highest BCUT2D eigenvalue weighted by atomic mass is 16.5. The smallest absolute Gasteiger partial charge is 0.217 e. The fraction of sp³-hybridized carbons (Fsp3) is 0.133. The Bertz CT molecular complexity index is 1620. The third kappa shape index (κ3) is 3.39. The molecule has 0 fully saturated rings. The van der Waals surface area contributed by atoms with Crippen LogP contribution >= 0.6 is 0 Å². The molecule has 7 rings (SSSR count). The van der Waals surface area contributed by atoms with Crippen LogP contribution in [0.25, 0.3) is 22.4 Å². The number of fused-ring (bicyclic) bond motifs is 4. The van der Waals surface area contributed by atoms with Crippen LogP contribution in [0.4, 0.5) is 0 Å². The summed E-state index contributed by atoms with van der Waals surface area (Å²) in [4.78, 5) is 9.74. The lowest BCUT2D eigenvalue weighted by Crippen LogP contribution is -2.13. The monoisotopic (exact) mass is 457 g/mol. The van der Waals surface area contributed by atoms with Gasteiger partial charge in [-0.3, -0.25) is 0 Å². The van der Waals surface area contributed by atoms with E-state index in [2.05, 4.69) is 41.0 Å². The number of hydrogen-bond donors (Lipinski definition) is 0. The highest BCUT2D eigenvalue weighted by Crippen LogP contribution is 2.41. The first-order valence-electron chi connectivity index (χ1n) is 11.9. The molecule has 0 amide bonds. The van der Waals surface area contributed by atoms with Crippen molar-refractivity contribution in [3.05, 3.63) is 114 Å². The van der Waals surface area contributed by atoms with Crippen molar-refractivity contribution in [1.29, 1.82) is 0 Å². The van der Waals surface area contributed by atoms with E-state index in [1.165, 1.54) is 11.1 Å². The van der Waals surface area contributed by atoms with Gasteiger partial charge in [0.25, 0.3) is 0 Å². The highest BCUT2D eigenvalue weighted by Gasteiger charge is 2.39. The lowest BCUT2D eigenvalue weighted by Gasteiger charge is -2.11. The second-order valence-electron chi connectivity index (χ2n) is 9.08. The van der Waals surface area contributed by atoms with E-state index in [9.17, 15) is 0 Å². The predicted octanol–water partition coefficient (Wildman–Crippen LogP) is 6.48. The van der Waals surface area contributed by atoms with Gasteiger partial charge in [-0.15, -0.1) is 0 Å². The zero-order valence-electron chi connectivity index (χ0n) is 19.3. The molecule has 1 aliphatic carbocycles. The van der Waals surface area contributed by atoms with Crippen molar-refractivity contribution in [3.63, 3.8) is 0 Å². The van der Waals surface area contributed by atoms with Crippen molar-refractivity contribution in [2.45, 2.75) is 18.6 Å². The average molecular weight is 458 g/mol. The molecule has 170 valence electrons. The molecule has 35 heavy (non-hydrogen) atoms. The Hall–Kier alpha value is -4.38. The van der Waals surface area contributed by atoms with Crippen LogP contribution in [0.5, 0.6) is 11.5 Å². The van der Waals surface area contributed by atoms with E-state index >= 15 is 0 Å². The van der Waals surface area contributed by atoms with Gasteiger partial charge in [-0.1, -0.05) is 54.6 Å². The molecule has 2 aliphatic rings. The third-order valence-corrected chi connectivity index (χ3v) is 6.86. The number of hydrogen-bond acceptors (Lipinski definition) is 4. The minimum atomic E-state index is 0.0794. The van der Waals surface area contributed by atoms with Gasteiger partial charge in [-0.25, -0.2) is 9.98 Å². The van der Waals surface area contributed by atoms with Crippen molar-refractivity contribution in [3.8, 4) is 22.9 Å². The molecule has 2 heterocycles. The Morgan fingerprint density at radius 3 is 2.43 bits per heavy atom. The highest BCUT2D eigenvalue weighted by molar-refractivity contribution is 5.96. The van der Waals surface area contributed by atoms with Gasteiger partial charge in [0.2, 0.25) is 5.90 Å². The number of ether oxygens (including phenoxy) is 2. The molecule has 5 nitrogen and oxygen atoms in total. The number of aliphatic imine (C=N–C) groups is 1. The molecule has 1 aromatic heterocycles. The Kier molecular flexibility index (Phi) is 4.49. The first-order chi connectivity index (χ1) is 17.2. The van der Waals surface area contributed by atoms with Gasteiger partial charge in [-0.2, -0.15) is 0 Å². The quantitative estimate of drug-likeness (QED) is 0.311. The van der Waals surface area contributed by atoms with Gasteiger partial charge in [0.05, 0.1) is 11.0 Å². The van der Waals surface area contributed by atoms with Crippen LogP contribution in [-0.4, -0.2) is 21.6 Å². The molecule has 5 heteroatoms. The maximum atomic E-state index is 6.26. The van der Waals surface area contributed by atoms with E-state index in [1.54, 1.807) is 0 Å². The maximum absolute atomic E-state index is 6.26. The zero-order chi connectivity index (χ0) is 23.4. The lowest BCUT2D eigenvalue weighted by molar-refractivity contribution is 0.206. The van der Waals surface area contributed by atoms with Crippen LogP contribution in [0.15, 0.2) is 102 Å². The molecule has 1 aliphatic heterocycles. The molecular weight excluding hydrogens is 434 g/mol. The second kappa shape index (κ2) is 7.84. The van der Waals surface area contributed by atoms with Crippen LogP contribution in [0.2, 0.25) is 0 Å². The molecule has 0 saturated carbocycles. The Morgan fingerprint density at radius 2 is 1.57 bits per heavy atom. The number of nitrogens with zero attached hydrogens (tertiary/aromatic N) is 3. The number of aryl methyl sites for hydroxylation is 1. The zero-order valence-corrected chi connectivity index (χ0v) is 19.3. The second-order valence-corrected chi connectivity index (χ2v) is 9.08. The van der Waals surface area contributed by atoms with Crippen molar-refractivity contribution in [2.75, 3.05) is 0 Å². The Balaban J connectivity index is 1.16. The van der Waals surface area contributed by atoms with Gasteiger partial charge in [0.1, 0.15) is 29.5 Å². The summed E-state index contributed by atoms with van der Waals surface area (Å²) in [5.41, 5.74) is 6.63. The molecule has 0 radical (unpaired) electrons. The van der Waals surface area contributed by atoms with Crippen LogP contribution in [0.1, 0.15) is 22.7 Å². The molecule has 0 unspecified atom stereocenters. The van der Waals surface area contributed by atoms with Gasteiger partial charge in [0, 0.05) is 24.6 Å². The van der Waals surface area contributed by atoms with Gasteiger partial charge >= 0.3 is 0 Å². The number of benzene rings is 4. The molecule has 0 saturated heterocycles. The minimum Gasteiger partial charge on any atom is -0.471 e. The standard InChI is InChI=1S/C30H23N3O2/c1-33-26-15-5-4-14-25(26)31-29(33)20-9-6-11-22(16-20)34-23-12-7-10-21(17-23)30-32-28-24-13-3-2-8-19(24)18-27(28)35-30/h2-17,27-28H,18H2,1H3/t27-,28+/m1/s1. The molecule has 4 aromatic carbocycles. The van der Waals surface area contributed by atoms with E-state index in [0.717, 1.165) is 45.9 Å². The van der Waals surface area contributed by atoms with E-state index in [0.29, 0.717) is 5.90 Å². The summed E-state index contributed by atoms with van der Waals surface area (Å²) in [6.45, 7) is 0. The summed E-state index contributed by atoms with van der Waals surface area (Å²) in [7, 11) is 2.04. The summed E-state index contributed by atoms with van der Waals surface area (Å²) in [6, 6.07) is 32.7. The average Bonchev–Trinajstić information content (AvgIpc) is 3.56. The van der Waals surface area contributed by atoms with Crippen LogP contribution in [0.3, 0.4) is 0 Å². The molecule has 0 bridgehead atoms. The fourth-order valence-electron chi connectivity index (χ4n) is 5.17. The predicted molar refractivity (Wildman–Crippen MR) is 137 cm³/mol. The van der Waals surface area contributed by atoms with E-state index in [-0.39, 0.29) is 12.1 Å². The summed E-state index contributed by atoms with van der Waals surface area (Å²) in [5.74, 6) is 3.10. The van der Waals surface area contributed by atoms with Gasteiger partial charge in [0.15, 0.2) is 0 Å². The summed E-state index contributed by atoms with van der Waals surface area (Å²) in [5, 5.41) is 0. The summed E-state index contributed by atoms with van der Waals surface area (Å²) < 4.78 is 14.6. The summed E-state index contributed by atoms with van der Waals surface area (Å²) >= 11 is 0. The topological polar surface area (TPSA) is 48.6 Å². The summed E-state index contributed by atoms with van der Waals surface area (Å²) in [6.07, 6.45) is 0.982. The Morgan fingerprint density at radius 1 is 0.829 bits per heavy atom. The SMILES string of the molecule is Cn1c(-c2cccc(Oc3cccc(C4=N[C@H]5c6ccccc6C[C@H]5O4)c3)c2)nc2ccccc21. The lowest BCUT2D eigenvalue weighted by atomic mass is 10.1. The Labute approximate surface area is 203 Å². The number of aromatic nitrogens is 2. The number of imidazole rings is 1. The fourth-order valence-corrected chi connectivity index (χ4v) is 5.17. The third-order valence-electron chi connectivity index (χ3n) is 6.86. The van der Waals surface area contributed by atoms with Gasteiger partial charge < -0.3 is 14.0 Å². The first-order valence-corrected chi connectivity index (χ1v) is 11.9. The van der Waals surface area contributed by atoms with Crippen molar-refractivity contribution < 1.29 is 9.47 Å². The van der Waals surface area contributed by atoms with Crippen LogP contribution < -0.4 is 4.74 Å². The molecular formula is C30H23N3O2. The number of rotatable bonds is 4. The number of para-hydroxylation sites is 2. The largest absolute Gasteiger partial charge is 0.471 e. The van der Waals surface area contributed by atoms with Gasteiger partial charge in [-0.05, 0) is 53.6 Å². The minimum absolute atomic E-state index is 0.0794. The van der Waals surface area contributed by atoms with Crippen molar-refractivity contribution >= 4 is 16.9 Å². The van der Waals surface area contributed by atoms with Crippen molar-refractivity contribution in [1.82, 2.24) is 9.55 Å². The van der Waals surface area contributed by atoms with Crippen LogP contribution in [-0.2, 0) is 18.2 Å². The van der Waals surface area contributed by atoms with Crippen molar-refractivity contribution in [2.24, 2.45) is 12.0 Å². The first kappa shape index (κ1) is 20.0. The van der Waals surface area contributed by atoms with E-state index in [4.69, 9.17) is 19.5 Å². The maximum Gasteiger partial charge on any atom is 0.217 e.